The van der Waals surface area contributed by atoms with Gasteiger partial charge in [-0.05, 0) is 43.2 Å². The summed E-state index contributed by atoms with van der Waals surface area (Å²) in [5.74, 6) is 1.90. The van der Waals surface area contributed by atoms with E-state index in [0.29, 0.717) is 6.61 Å². The average molecular weight is 317 g/mol. The van der Waals surface area contributed by atoms with Crippen LogP contribution in [0.25, 0.3) is 0 Å². The molecular formula is C18H23NO4. The van der Waals surface area contributed by atoms with Gasteiger partial charge in [0, 0.05) is 23.9 Å². The minimum absolute atomic E-state index is 0.124. The molecule has 0 aromatic heterocycles. The Bertz CT molecular complexity index is 625. The number of allylic oxidation sites excluding steroid dienone is 2. The van der Waals surface area contributed by atoms with E-state index in [1.165, 1.54) is 0 Å². The fourth-order valence-corrected chi connectivity index (χ4v) is 3.58. The number of methoxy groups -OCH3 is 2. The van der Waals surface area contributed by atoms with Gasteiger partial charge in [0.05, 0.1) is 26.6 Å². The van der Waals surface area contributed by atoms with Crippen molar-refractivity contribution in [3.63, 3.8) is 0 Å². The first kappa shape index (κ1) is 15.7. The van der Waals surface area contributed by atoms with Crippen molar-refractivity contribution in [1.82, 2.24) is 0 Å². The molecule has 3 atom stereocenters. The number of hydrogen-bond acceptors (Lipinski definition) is 5. The van der Waals surface area contributed by atoms with Crippen LogP contribution in [0.3, 0.4) is 0 Å². The topological polar surface area (TPSA) is 56.8 Å². The van der Waals surface area contributed by atoms with Gasteiger partial charge in [0.2, 0.25) is 0 Å². The molecule has 2 aliphatic rings. The molecule has 3 unspecified atom stereocenters. The fourth-order valence-electron chi connectivity index (χ4n) is 3.58. The van der Waals surface area contributed by atoms with Crippen LogP contribution in [0.15, 0.2) is 30.0 Å². The number of carbonyl (C=O) groups excluding carboxylic acids is 1. The molecule has 0 spiro atoms. The molecule has 0 saturated heterocycles. The summed E-state index contributed by atoms with van der Waals surface area (Å²) in [4.78, 5) is 12.4. The molecule has 5 heteroatoms. The zero-order chi connectivity index (χ0) is 16.4. The monoisotopic (exact) mass is 317 g/mol. The highest BCUT2D eigenvalue weighted by atomic mass is 16.5. The quantitative estimate of drug-likeness (QED) is 0.865. The molecule has 3 rings (SSSR count). The number of benzene rings is 1. The summed E-state index contributed by atoms with van der Waals surface area (Å²) < 4.78 is 16.1. The average Bonchev–Trinajstić information content (AvgIpc) is 2.60. The van der Waals surface area contributed by atoms with Crippen molar-refractivity contribution in [1.29, 1.82) is 0 Å². The summed E-state index contributed by atoms with van der Waals surface area (Å²) >= 11 is 0. The van der Waals surface area contributed by atoms with Gasteiger partial charge < -0.3 is 19.5 Å². The first-order valence-electron chi connectivity index (χ1n) is 8.03. The minimum atomic E-state index is -0.324. The van der Waals surface area contributed by atoms with E-state index in [1.807, 2.05) is 25.1 Å². The van der Waals surface area contributed by atoms with E-state index in [2.05, 4.69) is 11.4 Å². The number of anilines is 1. The molecule has 5 nitrogen and oxygen atoms in total. The van der Waals surface area contributed by atoms with E-state index in [9.17, 15) is 4.79 Å². The summed E-state index contributed by atoms with van der Waals surface area (Å²) in [6, 6.07) is 5.58. The zero-order valence-corrected chi connectivity index (χ0v) is 13.8. The molecule has 1 aromatic carbocycles. The van der Waals surface area contributed by atoms with Crippen LogP contribution < -0.4 is 10.1 Å². The van der Waals surface area contributed by atoms with E-state index in [4.69, 9.17) is 14.2 Å². The molecule has 1 heterocycles. The lowest BCUT2D eigenvalue weighted by molar-refractivity contribution is -0.145. The van der Waals surface area contributed by atoms with Crippen LogP contribution in [0.4, 0.5) is 5.69 Å². The summed E-state index contributed by atoms with van der Waals surface area (Å²) in [7, 11) is 3.36. The van der Waals surface area contributed by atoms with E-state index in [0.717, 1.165) is 35.6 Å². The molecule has 23 heavy (non-hydrogen) atoms. The van der Waals surface area contributed by atoms with Gasteiger partial charge in [-0.25, -0.2) is 4.79 Å². The van der Waals surface area contributed by atoms with Crippen LogP contribution >= 0.6 is 0 Å². The van der Waals surface area contributed by atoms with Gasteiger partial charge in [0.15, 0.2) is 0 Å². The van der Waals surface area contributed by atoms with Gasteiger partial charge in [-0.15, -0.1) is 0 Å². The number of nitrogens with one attached hydrogen (secondary N) is 1. The first-order chi connectivity index (χ1) is 11.2. The molecule has 124 valence electrons. The lowest BCUT2D eigenvalue weighted by Crippen LogP contribution is -2.45. The fraction of sp³-hybridized carbons (Fsp3) is 0.500. The second-order valence-electron chi connectivity index (χ2n) is 5.89. The number of esters is 1. The smallest absolute Gasteiger partial charge is 0.328 e. The van der Waals surface area contributed by atoms with Gasteiger partial charge in [-0.3, -0.25) is 0 Å². The molecule has 1 aliphatic heterocycles. The summed E-state index contributed by atoms with van der Waals surface area (Å²) in [6.07, 6.45) is 3.87. The maximum absolute atomic E-state index is 12.4. The van der Waals surface area contributed by atoms with Gasteiger partial charge in [0.1, 0.15) is 11.8 Å². The van der Waals surface area contributed by atoms with Gasteiger partial charge in [-0.1, -0.05) is 0 Å². The Hall–Kier alpha value is -2.17. The van der Waals surface area contributed by atoms with Gasteiger partial charge >= 0.3 is 5.97 Å². The van der Waals surface area contributed by atoms with Gasteiger partial charge in [0.25, 0.3) is 0 Å². The third-order valence-electron chi connectivity index (χ3n) is 4.71. The van der Waals surface area contributed by atoms with Crippen LogP contribution in [0.1, 0.15) is 31.2 Å². The van der Waals surface area contributed by atoms with E-state index in [1.54, 1.807) is 14.2 Å². The van der Waals surface area contributed by atoms with Crippen molar-refractivity contribution in [3.8, 4) is 5.75 Å². The third-order valence-corrected chi connectivity index (χ3v) is 4.71. The van der Waals surface area contributed by atoms with Crippen molar-refractivity contribution in [3.05, 3.63) is 35.6 Å². The molecule has 0 saturated carbocycles. The minimum Gasteiger partial charge on any atom is -0.501 e. The predicted octanol–water partition coefficient (Wildman–Crippen LogP) is 3.08. The van der Waals surface area contributed by atoms with E-state index < -0.39 is 0 Å². The number of hydrogen-bond donors (Lipinski definition) is 1. The van der Waals surface area contributed by atoms with Crippen LogP contribution in [0, 0.1) is 5.92 Å². The van der Waals surface area contributed by atoms with Gasteiger partial charge in [-0.2, -0.15) is 0 Å². The number of carbonyl (C=O) groups is 1. The maximum atomic E-state index is 12.4. The zero-order valence-electron chi connectivity index (χ0n) is 13.8. The Kier molecular flexibility index (Phi) is 4.46. The van der Waals surface area contributed by atoms with Crippen molar-refractivity contribution >= 4 is 11.7 Å². The molecule has 1 aliphatic carbocycles. The largest absolute Gasteiger partial charge is 0.501 e. The van der Waals surface area contributed by atoms with E-state index in [-0.39, 0.29) is 23.8 Å². The van der Waals surface area contributed by atoms with Crippen LogP contribution in [0.2, 0.25) is 0 Å². The second-order valence-corrected chi connectivity index (χ2v) is 5.89. The molecule has 0 bridgehead atoms. The Morgan fingerprint density at radius 3 is 2.83 bits per heavy atom. The molecule has 1 N–H and O–H groups in total. The SMILES string of the molecule is CCOC(=O)C1Nc2ccc(OC)cc2C2C=C(OC)CCC12. The van der Waals surface area contributed by atoms with Crippen molar-refractivity contribution in [2.75, 3.05) is 26.1 Å². The molecule has 0 fully saturated rings. The molecular weight excluding hydrogens is 294 g/mol. The highest BCUT2D eigenvalue weighted by molar-refractivity contribution is 5.82. The summed E-state index contributed by atoms with van der Waals surface area (Å²) in [5, 5.41) is 3.36. The van der Waals surface area contributed by atoms with Crippen molar-refractivity contribution < 1.29 is 19.0 Å². The number of rotatable bonds is 4. The summed E-state index contributed by atoms with van der Waals surface area (Å²) in [6.45, 7) is 2.23. The van der Waals surface area contributed by atoms with Crippen LogP contribution in [-0.2, 0) is 14.3 Å². The van der Waals surface area contributed by atoms with Crippen molar-refractivity contribution in [2.24, 2.45) is 5.92 Å². The lowest BCUT2D eigenvalue weighted by atomic mass is 9.72. The maximum Gasteiger partial charge on any atom is 0.328 e. The number of fused-ring (bicyclic) bond motifs is 3. The lowest BCUT2D eigenvalue weighted by Gasteiger charge is -2.40. The Labute approximate surface area is 136 Å². The highest BCUT2D eigenvalue weighted by Crippen LogP contribution is 2.46. The molecule has 0 amide bonds. The normalized spacial score (nSPS) is 25.3. The Balaban J connectivity index is 2.02. The molecule has 0 radical (unpaired) electrons. The molecule has 1 aromatic rings. The predicted molar refractivity (Wildman–Crippen MR) is 87.6 cm³/mol. The Morgan fingerprint density at radius 2 is 2.13 bits per heavy atom. The second kappa shape index (κ2) is 6.52. The summed E-state index contributed by atoms with van der Waals surface area (Å²) in [5.41, 5.74) is 2.10. The first-order valence-corrected chi connectivity index (χ1v) is 8.03. The Morgan fingerprint density at radius 1 is 1.30 bits per heavy atom. The highest BCUT2D eigenvalue weighted by Gasteiger charge is 2.42. The standard InChI is InChI=1S/C18H23NO4/c1-4-23-18(20)17-13-7-5-11(21-2)9-14(13)15-10-12(22-3)6-8-16(15)19-17/h6,8-10,13-14,17,19H,4-5,7H2,1-3H3. The van der Waals surface area contributed by atoms with E-state index >= 15 is 0 Å². The number of ether oxygens (including phenoxy) is 3. The van der Waals surface area contributed by atoms with Crippen LogP contribution in [-0.4, -0.2) is 32.8 Å². The third kappa shape index (κ3) is 2.87. The van der Waals surface area contributed by atoms with Crippen molar-refractivity contribution in [2.45, 2.75) is 31.7 Å². The van der Waals surface area contributed by atoms with Crippen LogP contribution in [0.5, 0.6) is 5.75 Å².